The first kappa shape index (κ1) is 14.1. The van der Waals surface area contributed by atoms with Gasteiger partial charge in [0.05, 0.1) is 25.4 Å². The monoisotopic (exact) mass is 262 g/mol. The Kier molecular flexibility index (Phi) is 5.52. The van der Waals surface area contributed by atoms with Gasteiger partial charge < -0.3 is 10.1 Å². The van der Waals surface area contributed by atoms with Crippen LogP contribution in [0.5, 0.6) is 0 Å². The zero-order chi connectivity index (χ0) is 12.7. The lowest BCUT2D eigenvalue weighted by Gasteiger charge is -2.06. The minimum atomic E-state index is -2.98. The van der Waals surface area contributed by atoms with E-state index in [4.69, 9.17) is 4.74 Å². The van der Waals surface area contributed by atoms with Gasteiger partial charge in [-0.1, -0.05) is 0 Å². The number of hydrogen-bond acceptors (Lipinski definition) is 6. The molecular weight excluding hydrogens is 244 g/mol. The van der Waals surface area contributed by atoms with Gasteiger partial charge >= 0.3 is 0 Å². The number of rotatable bonds is 8. The van der Waals surface area contributed by atoms with Crippen LogP contribution >= 0.6 is 0 Å². The van der Waals surface area contributed by atoms with Crippen LogP contribution in [0.2, 0.25) is 0 Å². The standard InChI is InChI=1S/C9H18N4O3S/c1-16-5-3-10-7-9-11-8-12-13(9)4-6-17(2,14)15/h8,10H,3-7H2,1-2H3. The van der Waals surface area contributed by atoms with Crippen molar-refractivity contribution in [3.05, 3.63) is 12.2 Å². The Morgan fingerprint density at radius 2 is 2.29 bits per heavy atom. The first-order chi connectivity index (χ1) is 8.03. The Balaban J connectivity index is 2.43. The zero-order valence-electron chi connectivity index (χ0n) is 10.1. The third-order valence-electron chi connectivity index (χ3n) is 2.14. The lowest BCUT2D eigenvalue weighted by atomic mass is 10.5. The van der Waals surface area contributed by atoms with Crippen molar-refractivity contribution in [2.75, 3.05) is 32.3 Å². The summed E-state index contributed by atoms with van der Waals surface area (Å²) in [6.45, 7) is 2.22. The molecule has 0 atom stereocenters. The van der Waals surface area contributed by atoms with E-state index < -0.39 is 9.84 Å². The topological polar surface area (TPSA) is 86.1 Å². The van der Waals surface area contributed by atoms with Gasteiger partial charge in [0.1, 0.15) is 22.0 Å². The van der Waals surface area contributed by atoms with Crippen LogP contribution in [-0.4, -0.2) is 55.5 Å². The average molecular weight is 262 g/mol. The molecule has 7 nitrogen and oxygen atoms in total. The molecule has 0 unspecified atom stereocenters. The number of nitrogens with one attached hydrogen (secondary N) is 1. The summed E-state index contributed by atoms with van der Waals surface area (Å²) in [7, 11) is -1.34. The smallest absolute Gasteiger partial charge is 0.149 e. The third kappa shape index (κ3) is 5.76. The van der Waals surface area contributed by atoms with Crippen molar-refractivity contribution in [3.8, 4) is 0 Å². The molecule has 1 aromatic rings. The molecule has 0 spiro atoms. The first-order valence-corrected chi connectivity index (χ1v) is 7.33. The van der Waals surface area contributed by atoms with Gasteiger partial charge in [0, 0.05) is 19.9 Å². The Labute approximate surface area is 101 Å². The van der Waals surface area contributed by atoms with Crippen LogP contribution in [0.1, 0.15) is 5.82 Å². The molecule has 1 aromatic heterocycles. The van der Waals surface area contributed by atoms with Crippen molar-refractivity contribution in [3.63, 3.8) is 0 Å². The molecule has 1 N–H and O–H groups in total. The van der Waals surface area contributed by atoms with Gasteiger partial charge in [-0.05, 0) is 0 Å². The number of aromatic nitrogens is 3. The van der Waals surface area contributed by atoms with Crippen molar-refractivity contribution in [1.29, 1.82) is 0 Å². The van der Waals surface area contributed by atoms with E-state index in [-0.39, 0.29) is 5.75 Å². The van der Waals surface area contributed by atoms with Gasteiger partial charge in [-0.25, -0.2) is 18.1 Å². The number of methoxy groups -OCH3 is 1. The molecular formula is C9H18N4O3S. The predicted molar refractivity (Wildman–Crippen MR) is 63.3 cm³/mol. The Morgan fingerprint density at radius 1 is 1.53 bits per heavy atom. The Morgan fingerprint density at radius 3 is 2.94 bits per heavy atom. The largest absolute Gasteiger partial charge is 0.383 e. The molecule has 0 aliphatic heterocycles. The minimum Gasteiger partial charge on any atom is -0.383 e. The number of aryl methyl sites for hydroxylation is 1. The normalized spacial score (nSPS) is 11.9. The van der Waals surface area contributed by atoms with Gasteiger partial charge in [0.25, 0.3) is 0 Å². The van der Waals surface area contributed by atoms with E-state index in [0.717, 1.165) is 12.4 Å². The summed E-state index contributed by atoms with van der Waals surface area (Å²) in [5, 5.41) is 7.12. The van der Waals surface area contributed by atoms with E-state index in [1.807, 2.05) is 0 Å². The molecule has 0 aromatic carbocycles. The van der Waals surface area contributed by atoms with Gasteiger partial charge in [-0.3, -0.25) is 0 Å². The summed E-state index contributed by atoms with van der Waals surface area (Å²) < 4.78 is 28.6. The molecule has 98 valence electrons. The van der Waals surface area contributed by atoms with Gasteiger partial charge in [-0.15, -0.1) is 0 Å². The van der Waals surface area contributed by atoms with E-state index in [1.54, 1.807) is 11.8 Å². The van der Waals surface area contributed by atoms with Crippen molar-refractivity contribution < 1.29 is 13.2 Å². The molecule has 0 saturated carbocycles. The van der Waals surface area contributed by atoms with Crippen molar-refractivity contribution in [2.24, 2.45) is 0 Å². The van der Waals surface area contributed by atoms with E-state index in [9.17, 15) is 8.42 Å². The fourth-order valence-corrected chi connectivity index (χ4v) is 1.74. The van der Waals surface area contributed by atoms with Crippen molar-refractivity contribution in [2.45, 2.75) is 13.1 Å². The highest BCUT2D eigenvalue weighted by Crippen LogP contribution is 1.95. The summed E-state index contributed by atoms with van der Waals surface area (Å²) in [5.41, 5.74) is 0. The Bertz CT molecular complexity index is 429. The molecule has 0 aliphatic carbocycles. The van der Waals surface area contributed by atoms with Crippen LogP contribution in [0.15, 0.2) is 6.33 Å². The maximum Gasteiger partial charge on any atom is 0.149 e. The van der Waals surface area contributed by atoms with E-state index >= 15 is 0 Å². The van der Waals surface area contributed by atoms with Crippen molar-refractivity contribution >= 4 is 9.84 Å². The average Bonchev–Trinajstić information content (AvgIpc) is 2.68. The van der Waals surface area contributed by atoms with Crippen LogP contribution < -0.4 is 5.32 Å². The quantitative estimate of drug-likeness (QED) is 0.608. The highest BCUT2D eigenvalue weighted by Gasteiger charge is 2.07. The minimum absolute atomic E-state index is 0.0709. The molecule has 0 bridgehead atoms. The van der Waals surface area contributed by atoms with Gasteiger partial charge in [-0.2, -0.15) is 5.10 Å². The molecule has 0 fully saturated rings. The predicted octanol–water partition coefficient (Wildman–Crippen LogP) is -0.941. The number of hydrogen-bond donors (Lipinski definition) is 1. The number of ether oxygens (including phenoxy) is 1. The molecule has 0 aliphatic rings. The number of sulfone groups is 1. The summed E-state index contributed by atoms with van der Waals surface area (Å²) in [6.07, 6.45) is 2.63. The van der Waals surface area contributed by atoms with Gasteiger partial charge in [0.15, 0.2) is 0 Å². The second-order valence-corrected chi connectivity index (χ2v) is 5.96. The van der Waals surface area contributed by atoms with Crippen molar-refractivity contribution in [1.82, 2.24) is 20.1 Å². The fraction of sp³-hybridized carbons (Fsp3) is 0.778. The van der Waals surface area contributed by atoms with Crippen LogP contribution in [0.3, 0.4) is 0 Å². The van der Waals surface area contributed by atoms with Crippen LogP contribution in [-0.2, 0) is 27.7 Å². The second kappa shape index (κ2) is 6.67. The number of nitrogens with zero attached hydrogens (tertiary/aromatic N) is 3. The van der Waals surface area contributed by atoms with Crippen LogP contribution in [0, 0.1) is 0 Å². The SMILES string of the molecule is COCCNCc1ncnn1CCS(C)(=O)=O. The lowest BCUT2D eigenvalue weighted by Crippen LogP contribution is -2.22. The second-order valence-electron chi connectivity index (χ2n) is 3.70. The highest BCUT2D eigenvalue weighted by atomic mass is 32.2. The van der Waals surface area contributed by atoms with E-state index in [2.05, 4.69) is 15.4 Å². The zero-order valence-corrected chi connectivity index (χ0v) is 10.9. The Hall–Kier alpha value is -0.990. The third-order valence-corrected chi connectivity index (χ3v) is 3.06. The molecule has 0 radical (unpaired) electrons. The summed E-state index contributed by atoms with van der Waals surface area (Å²) in [6, 6.07) is 0. The molecule has 1 rings (SSSR count). The lowest BCUT2D eigenvalue weighted by molar-refractivity contribution is 0.198. The maximum atomic E-state index is 11.0. The molecule has 0 amide bonds. The molecule has 0 saturated heterocycles. The fourth-order valence-electron chi connectivity index (χ4n) is 1.24. The maximum absolute atomic E-state index is 11.0. The molecule has 1 heterocycles. The summed E-state index contributed by atoms with van der Waals surface area (Å²) >= 11 is 0. The van der Waals surface area contributed by atoms with E-state index in [0.29, 0.717) is 19.7 Å². The summed E-state index contributed by atoms with van der Waals surface area (Å²) in [4.78, 5) is 4.07. The van der Waals surface area contributed by atoms with E-state index in [1.165, 1.54) is 12.6 Å². The van der Waals surface area contributed by atoms with Gasteiger partial charge in [0.2, 0.25) is 0 Å². The molecule has 8 heteroatoms. The highest BCUT2D eigenvalue weighted by molar-refractivity contribution is 7.90. The van der Waals surface area contributed by atoms with Crippen LogP contribution in [0.25, 0.3) is 0 Å². The van der Waals surface area contributed by atoms with Crippen LogP contribution in [0.4, 0.5) is 0 Å². The molecule has 17 heavy (non-hydrogen) atoms. The summed E-state index contributed by atoms with van der Waals surface area (Å²) in [5.74, 6) is 0.797. The first-order valence-electron chi connectivity index (χ1n) is 5.27.